The van der Waals surface area contributed by atoms with Gasteiger partial charge >= 0.3 is 6.09 Å². The molecule has 0 bridgehead atoms. The summed E-state index contributed by atoms with van der Waals surface area (Å²) in [6.07, 6.45) is 5.31. The predicted molar refractivity (Wildman–Crippen MR) is 120 cm³/mol. The van der Waals surface area contributed by atoms with Crippen LogP contribution in [0.25, 0.3) is 0 Å². The monoisotopic (exact) mass is 455 g/mol. The highest BCUT2D eigenvalue weighted by Gasteiger charge is 2.46. The number of hydrogen-bond donors (Lipinski definition) is 1. The summed E-state index contributed by atoms with van der Waals surface area (Å²) in [6, 6.07) is 13.5. The van der Waals surface area contributed by atoms with Gasteiger partial charge in [0.15, 0.2) is 0 Å². The molecule has 1 saturated carbocycles. The molecule has 1 unspecified atom stereocenters. The summed E-state index contributed by atoms with van der Waals surface area (Å²) >= 11 is 0. The molecule has 1 aliphatic heterocycles. The molecule has 1 spiro atoms. The summed E-state index contributed by atoms with van der Waals surface area (Å²) < 4.78 is 35.5. The number of ether oxygens (including phenoxy) is 1. The third kappa shape index (κ3) is 4.28. The van der Waals surface area contributed by atoms with Crippen LogP contribution in [0.1, 0.15) is 53.9 Å². The largest absolute Gasteiger partial charge is 0.447 e. The molecule has 0 aromatic heterocycles. The van der Waals surface area contributed by atoms with Crippen LogP contribution in [0, 0.1) is 12.8 Å². The van der Waals surface area contributed by atoms with Crippen LogP contribution in [0.4, 0.5) is 4.79 Å². The fourth-order valence-corrected chi connectivity index (χ4v) is 6.33. The van der Waals surface area contributed by atoms with Gasteiger partial charge in [-0.2, -0.15) is 8.42 Å². The quantitative estimate of drug-likeness (QED) is 0.682. The Morgan fingerprint density at radius 3 is 2.69 bits per heavy atom. The first-order chi connectivity index (χ1) is 15.3. The fourth-order valence-electron chi connectivity index (χ4n) is 5.35. The molecule has 1 N–H and O–H groups in total. The zero-order valence-electron chi connectivity index (χ0n) is 18.3. The van der Waals surface area contributed by atoms with Crippen LogP contribution in [-0.4, -0.2) is 33.3 Å². The second-order valence-electron chi connectivity index (χ2n) is 9.61. The lowest BCUT2D eigenvalue weighted by Gasteiger charge is -2.26. The summed E-state index contributed by atoms with van der Waals surface area (Å²) in [5.74, 6) is 0.622. The van der Waals surface area contributed by atoms with E-state index in [1.165, 1.54) is 16.7 Å². The third-order valence-electron chi connectivity index (χ3n) is 7.26. The third-order valence-corrected chi connectivity index (χ3v) is 8.55. The highest BCUT2D eigenvalue weighted by molar-refractivity contribution is 7.86. The van der Waals surface area contributed by atoms with Crippen molar-refractivity contribution in [2.24, 2.45) is 5.92 Å². The summed E-state index contributed by atoms with van der Waals surface area (Å²) in [7, 11) is -3.73. The summed E-state index contributed by atoms with van der Waals surface area (Å²) in [5, 5.41) is 3.01. The maximum absolute atomic E-state index is 12.5. The molecule has 7 heteroatoms. The van der Waals surface area contributed by atoms with E-state index in [2.05, 4.69) is 23.5 Å². The van der Waals surface area contributed by atoms with Gasteiger partial charge in [0.2, 0.25) is 0 Å². The van der Waals surface area contributed by atoms with Gasteiger partial charge < -0.3 is 10.1 Å². The number of carbonyl (C=O) groups excluding carboxylic acids is 1. The van der Waals surface area contributed by atoms with Gasteiger partial charge in [-0.25, -0.2) is 4.79 Å². The molecule has 170 valence electrons. The van der Waals surface area contributed by atoms with Crippen molar-refractivity contribution < 1.29 is 22.1 Å². The van der Waals surface area contributed by atoms with Crippen molar-refractivity contribution in [3.05, 3.63) is 64.7 Å². The topological polar surface area (TPSA) is 81.7 Å². The fraction of sp³-hybridized carbons (Fsp3) is 0.480. The van der Waals surface area contributed by atoms with Crippen molar-refractivity contribution in [1.29, 1.82) is 0 Å². The number of fused-ring (bicyclic) bond motifs is 1. The molecule has 2 aliphatic carbocycles. The van der Waals surface area contributed by atoms with Crippen molar-refractivity contribution in [3.63, 3.8) is 0 Å². The molecule has 1 heterocycles. The molecule has 2 fully saturated rings. The Kier molecular flexibility index (Phi) is 5.50. The minimum atomic E-state index is -3.73. The van der Waals surface area contributed by atoms with Crippen LogP contribution < -0.4 is 5.32 Å². The van der Waals surface area contributed by atoms with E-state index < -0.39 is 10.1 Å². The first-order valence-corrected chi connectivity index (χ1v) is 12.8. The van der Waals surface area contributed by atoms with E-state index in [1.807, 2.05) is 6.92 Å². The van der Waals surface area contributed by atoms with Crippen molar-refractivity contribution in [2.75, 3.05) is 13.2 Å². The number of cyclic esters (lactones) is 1. The van der Waals surface area contributed by atoms with Gasteiger partial charge in [0.05, 0.1) is 17.0 Å². The van der Waals surface area contributed by atoms with Gasteiger partial charge in [0.1, 0.15) is 6.61 Å². The van der Waals surface area contributed by atoms with Crippen LogP contribution in [0.3, 0.4) is 0 Å². The Morgan fingerprint density at radius 1 is 1.12 bits per heavy atom. The maximum Gasteiger partial charge on any atom is 0.407 e. The zero-order valence-corrected chi connectivity index (χ0v) is 19.1. The van der Waals surface area contributed by atoms with Crippen molar-refractivity contribution in [2.45, 2.75) is 61.8 Å². The van der Waals surface area contributed by atoms with Crippen LogP contribution in [-0.2, 0) is 31.9 Å². The molecular weight excluding hydrogens is 426 g/mol. The average Bonchev–Trinajstić information content (AvgIpc) is 3.37. The second kappa shape index (κ2) is 8.19. The number of hydrogen-bond acceptors (Lipinski definition) is 5. The van der Waals surface area contributed by atoms with Crippen LogP contribution in [0.5, 0.6) is 0 Å². The summed E-state index contributed by atoms with van der Waals surface area (Å²) in [6.45, 7) is 2.61. The molecule has 6 nitrogen and oxygen atoms in total. The minimum Gasteiger partial charge on any atom is -0.447 e. The number of alkyl carbamates (subject to hydrolysis) is 1. The van der Waals surface area contributed by atoms with E-state index in [0.717, 1.165) is 44.1 Å². The molecule has 5 rings (SSSR count). The molecule has 1 amide bonds. The molecular formula is C25H29NO5S. The normalized spacial score (nSPS) is 27.2. The van der Waals surface area contributed by atoms with Gasteiger partial charge in [0.25, 0.3) is 10.1 Å². The lowest BCUT2D eigenvalue weighted by Crippen LogP contribution is -2.40. The molecule has 3 atom stereocenters. The molecule has 0 radical (unpaired) electrons. The Morgan fingerprint density at radius 2 is 1.94 bits per heavy atom. The van der Waals surface area contributed by atoms with E-state index in [0.29, 0.717) is 12.5 Å². The Balaban J connectivity index is 1.21. The molecule has 1 saturated heterocycles. The van der Waals surface area contributed by atoms with Crippen LogP contribution >= 0.6 is 0 Å². The second-order valence-corrected chi connectivity index (χ2v) is 11.2. The minimum absolute atomic E-state index is 0.189. The number of amides is 1. The van der Waals surface area contributed by atoms with E-state index in [1.54, 1.807) is 24.3 Å². The summed E-state index contributed by atoms with van der Waals surface area (Å²) in [5.41, 5.74) is 4.79. The van der Waals surface area contributed by atoms with Crippen LogP contribution in [0.2, 0.25) is 0 Å². The molecule has 2 aromatic rings. The van der Waals surface area contributed by atoms with Crippen molar-refractivity contribution >= 4 is 16.2 Å². The predicted octanol–water partition coefficient (Wildman–Crippen LogP) is 4.25. The Labute approximate surface area is 189 Å². The average molecular weight is 456 g/mol. The number of benzene rings is 2. The summed E-state index contributed by atoms with van der Waals surface area (Å²) in [4.78, 5) is 11.7. The van der Waals surface area contributed by atoms with E-state index in [9.17, 15) is 13.2 Å². The lowest BCUT2D eigenvalue weighted by atomic mass is 9.82. The Hall–Kier alpha value is -2.38. The highest BCUT2D eigenvalue weighted by Crippen LogP contribution is 2.43. The van der Waals surface area contributed by atoms with Gasteiger partial charge in [-0.05, 0) is 86.1 Å². The van der Waals surface area contributed by atoms with E-state index >= 15 is 0 Å². The van der Waals surface area contributed by atoms with E-state index in [4.69, 9.17) is 8.92 Å². The van der Waals surface area contributed by atoms with E-state index in [-0.39, 0.29) is 29.1 Å². The van der Waals surface area contributed by atoms with Gasteiger partial charge in [0, 0.05) is 0 Å². The number of aryl methyl sites for hydroxylation is 2. The molecule has 32 heavy (non-hydrogen) atoms. The number of nitrogens with one attached hydrogen (secondary N) is 1. The maximum atomic E-state index is 12.5. The smallest absolute Gasteiger partial charge is 0.407 e. The van der Waals surface area contributed by atoms with Crippen LogP contribution in [0.15, 0.2) is 47.4 Å². The van der Waals surface area contributed by atoms with Crippen molar-refractivity contribution in [3.8, 4) is 0 Å². The number of rotatable bonds is 5. The lowest BCUT2D eigenvalue weighted by molar-refractivity contribution is 0.172. The first kappa shape index (κ1) is 21.5. The molecule has 3 aliphatic rings. The SMILES string of the molecule is Cc1ccc(S(=O)(=O)OCC2CCc3cc([C@H]4CC[C@]5(COC(=O)N5)C4)ccc3C2)cc1. The molecule has 2 aromatic carbocycles. The van der Waals surface area contributed by atoms with Gasteiger partial charge in [-0.3, -0.25) is 4.18 Å². The van der Waals surface area contributed by atoms with Gasteiger partial charge in [-0.1, -0.05) is 35.9 Å². The standard InChI is InChI=1S/C25H29NO5S/c1-17-2-8-23(9-3-17)32(28,29)31-15-18-4-5-20-13-21(7-6-19(20)12-18)22-10-11-25(14-22)16-30-24(27)26-25/h2-3,6-9,13,18,22H,4-5,10-12,14-16H2,1H3,(H,26,27)/t18?,22-,25+/m0/s1. The first-order valence-electron chi connectivity index (χ1n) is 11.3. The zero-order chi connectivity index (χ0) is 22.3. The Bertz CT molecular complexity index is 1130. The highest BCUT2D eigenvalue weighted by atomic mass is 32.2. The van der Waals surface area contributed by atoms with Crippen molar-refractivity contribution in [1.82, 2.24) is 5.32 Å². The van der Waals surface area contributed by atoms with Gasteiger partial charge in [-0.15, -0.1) is 0 Å². The number of carbonyl (C=O) groups is 1.